The van der Waals surface area contributed by atoms with Gasteiger partial charge in [-0.05, 0) is 29.9 Å². The molecule has 2 rings (SSSR count). The maximum absolute atomic E-state index is 6.14. The SMILES string of the molecule is CCO[Si](C)(c1ccccc1)c1ccccc1N. The summed E-state index contributed by atoms with van der Waals surface area (Å²) in [6.07, 6.45) is 0. The van der Waals surface area contributed by atoms with Gasteiger partial charge in [-0.25, -0.2) is 0 Å². The minimum absolute atomic E-state index is 0.700. The Kier molecular flexibility index (Phi) is 3.84. The lowest BCUT2D eigenvalue weighted by atomic mass is 10.3. The highest BCUT2D eigenvalue weighted by Crippen LogP contribution is 2.11. The summed E-state index contributed by atoms with van der Waals surface area (Å²) >= 11 is 0. The average molecular weight is 257 g/mol. The summed E-state index contributed by atoms with van der Waals surface area (Å²) in [6.45, 7) is 4.94. The maximum Gasteiger partial charge on any atom is 0.254 e. The van der Waals surface area contributed by atoms with Crippen LogP contribution in [0.15, 0.2) is 54.6 Å². The molecule has 0 saturated heterocycles. The summed E-state index contributed by atoms with van der Waals surface area (Å²) in [5.74, 6) is 0. The molecule has 2 aromatic rings. The Morgan fingerprint density at radius 1 is 1.00 bits per heavy atom. The lowest BCUT2D eigenvalue weighted by Crippen LogP contribution is -2.59. The van der Waals surface area contributed by atoms with Crippen molar-refractivity contribution in [1.82, 2.24) is 0 Å². The van der Waals surface area contributed by atoms with Crippen LogP contribution in [0.3, 0.4) is 0 Å². The van der Waals surface area contributed by atoms with Crippen LogP contribution in [0.4, 0.5) is 5.69 Å². The van der Waals surface area contributed by atoms with Crippen molar-refractivity contribution < 1.29 is 4.43 Å². The van der Waals surface area contributed by atoms with Crippen LogP contribution >= 0.6 is 0 Å². The number of hydrogen-bond donors (Lipinski definition) is 1. The van der Waals surface area contributed by atoms with Gasteiger partial charge in [-0.15, -0.1) is 0 Å². The summed E-state index contributed by atoms with van der Waals surface area (Å²) in [5.41, 5.74) is 6.95. The highest BCUT2D eigenvalue weighted by atomic mass is 28.4. The molecule has 0 bridgehead atoms. The summed E-state index contributed by atoms with van der Waals surface area (Å²) in [6, 6.07) is 18.4. The van der Waals surface area contributed by atoms with Crippen molar-refractivity contribution in [3.8, 4) is 0 Å². The molecule has 2 N–H and O–H groups in total. The van der Waals surface area contributed by atoms with Gasteiger partial charge in [0.2, 0.25) is 0 Å². The largest absolute Gasteiger partial charge is 0.408 e. The molecule has 1 atom stereocenters. The lowest BCUT2D eigenvalue weighted by molar-refractivity contribution is 0.343. The van der Waals surface area contributed by atoms with Gasteiger partial charge in [0.15, 0.2) is 0 Å². The van der Waals surface area contributed by atoms with Gasteiger partial charge in [0.05, 0.1) is 0 Å². The van der Waals surface area contributed by atoms with Crippen molar-refractivity contribution >= 4 is 24.4 Å². The Balaban J connectivity index is 2.55. The Labute approximate surface area is 110 Å². The van der Waals surface area contributed by atoms with E-state index >= 15 is 0 Å². The first-order chi connectivity index (χ1) is 8.68. The topological polar surface area (TPSA) is 35.2 Å². The zero-order chi connectivity index (χ0) is 13.0. The van der Waals surface area contributed by atoms with E-state index in [4.69, 9.17) is 10.2 Å². The van der Waals surface area contributed by atoms with E-state index in [0.717, 1.165) is 10.9 Å². The summed E-state index contributed by atoms with van der Waals surface area (Å²) in [4.78, 5) is 0. The van der Waals surface area contributed by atoms with Gasteiger partial charge in [-0.3, -0.25) is 0 Å². The normalized spacial score (nSPS) is 14.1. The number of para-hydroxylation sites is 1. The van der Waals surface area contributed by atoms with Gasteiger partial charge in [0.25, 0.3) is 8.32 Å². The molecule has 0 amide bonds. The first-order valence-electron chi connectivity index (χ1n) is 6.23. The third-order valence-corrected chi connectivity index (χ3v) is 7.02. The molecule has 0 spiro atoms. The number of anilines is 1. The van der Waals surface area contributed by atoms with Gasteiger partial charge >= 0.3 is 0 Å². The third kappa shape index (κ3) is 2.32. The Bertz CT molecular complexity index is 515. The van der Waals surface area contributed by atoms with E-state index in [-0.39, 0.29) is 0 Å². The fourth-order valence-electron chi connectivity index (χ4n) is 2.29. The quantitative estimate of drug-likeness (QED) is 0.671. The monoisotopic (exact) mass is 257 g/mol. The van der Waals surface area contributed by atoms with Crippen molar-refractivity contribution in [3.05, 3.63) is 54.6 Å². The van der Waals surface area contributed by atoms with Crippen molar-refractivity contribution in [2.75, 3.05) is 12.3 Å². The van der Waals surface area contributed by atoms with Gasteiger partial charge in [-0.1, -0.05) is 48.5 Å². The van der Waals surface area contributed by atoms with Crippen LogP contribution in [0, 0.1) is 0 Å². The summed E-state index contributed by atoms with van der Waals surface area (Å²) in [7, 11) is -2.17. The molecule has 94 valence electrons. The molecule has 0 radical (unpaired) electrons. The van der Waals surface area contributed by atoms with E-state index in [9.17, 15) is 0 Å². The Morgan fingerprint density at radius 2 is 1.61 bits per heavy atom. The van der Waals surface area contributed by atoms with Crippen molar-refractivity contribution in [2.24, 2.45) is 0 Å². The Morgan fingerprint density at radius 3 is 2.22 bits per heavy atom. The van der Waals surface area contributed by atoms with Gasteiger partial charge in [0, 0.05) is 12.3 Å². The van der Waals surface area contributed by atoms with Crippen LogP contribution in [-0.2, 0) is 4.43 Å². The molecule has 0 fully saturated rings. The van der Waals surface area contributed by atoms with Crippen LogP contribution in [0.5, 0.6) is 0 Å². The second-order valence-corrected chi connectivity index (χ2v) is 7.89. The molecule has 18 heavy (non-hydrogen) atoms. The molecule has 0 aliphatic heterocycles. The van der Waals surface area contributed by atoms with E-state index in [0.29, 0.717) is 6.61 Å². The molecule has 0 aliphatic carbocycles. The zero-order valence-corrected chi connectivity index (χ0v) is 11.9. The van der Waals surface area contributed by atoms with Crippen LogP contribution < -0.4 is 16.1 Å². The van der Waals surface area contributed by atoms with Crippen molar-refractivity contribution in [1.29, 1.82) is 0 Å². The minimum atomic E-state index is -2.17. The fourth-order valence-corrected chi connectivity index (χ4v) is 5.38. The van der Waals surface area contributed by atoms with E-state index in [1.165, 1.54) is 5.19 Å². The number of nitrogens with two attached hydrogens (primary N) is 1. The molecular formula is C15H19NOSi. The van der Waals surface area contributed by atoms with Crippen LogP contribution in [0.1, 0.15) is 6.92 Å². The van der Waals surface area contributed by atoms with E-state index in [1.54, 1.807) is 0 Å². The van der Waals surface area contributed by atoms with Gasteiger partial charge < -0.3 is 10.2 Å². The lowest BCUT2D eigenvalue weighted by Gasteiger charge is -2.29. The smallest absolute Gasteiger partial charge is 0.254 e. The van der Waals surface area contributed by atoms with Gasteiger partial charge in [0.1, 0.15) is 0 Å². The molecule has 2 aromatic carbocycles. The van der Waals surface area contributed by atoms with Crippen molar-refractivity contribution in [2.45, 2.75) is 13.5 Å². The number of benzene rings is 2. The van der Waals surface area contributed by atoms with Crippen LogP contribution in [0.2, 0.25) is 6.55 Å². The first kappa shape index (κ1) is 12.9. The van der Waals surface area contributed by atoms with Gasteiger partial charge in [-0.2, -0.15) is 0 Å². The first-order valence-corrected chi connectivity index (χ1v) is 8.63. The minimum Gasteiger partial charge on any atom is -0.408 e. The molecule has 0 heterocycles. The van der Waals surface area contributed by atoms with E-state index in [2.05, 4.69) is 36.9 Å². The third-order valence-electron chi connectivity index (χ3n) is 3.23. The molecular weight excluding hydrogens is 238 g/mol. The maximum atomic E-state index is 6.14. The van der Waals surface area contributed by atoms with Crippen LogP contribution in [0.25, 0.3) is 0 Å². The van der Waals surface area contributed by atoms with Crippen molar-refractivity contribution in [3.63, 3.8) is 0 Å². The second kappa shape index (κ2) is 5.37. The van der Waals surface area contributed by atoms with E-state index in [1.807, 2.05) is 31.2 Å². The van der Waals surface area contributed by atoms with E-state index < -0.39 is 8.32 Å². The average Bonchev–Trinajstić information content (AvgIpc) is 2.40. The molecule has 3 heteroatoms. The summed E-state index contributed by atoms with van der Waals surface area (Å²) in [5, 5.41) is 2.41. The standard InChI is InChI=1S/C15H19NOSi/c1-3-17-18(2,13-9-5-4-6-10-13)15-12-8-7-11-14(15)16/h4-12H,3,16H2,1-2H3. The number of hydrogen-bond acceptors (Lipinski definition) is 2. The number of nitrogen functional groups attached to an aromatic ring is 1. The molecule has 0 saturated carbocycles. The Hall–Kier alpha value is -1.58. The summed E-state index contributed by atoms with van der Waals surface area (Å²) < 4.78 is 6.14. The molecule has 1 unspecified atom stereocenters. The highest BCUT2D eigenvalue weighted by molar-refractivity contribution is 6.97. The fraction of sp³-hybridized carbons (Fsp3) is 0.200. The molecule has 0 aromatic heterocycles. The predicted octanol–water partition coefficient (Wildman–Crippen LogP) is 1.99. The van der Waals surface area contributed by atoms with Crippen LogP contribution in [-0.4, -0.2) is 14.9 Å². The zero-order valence-electron chi connectivity index (χ0n) is 10.9. The molecule has 0 aliphatic rings. The second-order valence-electron chi connectivity index (χ2n) is 4.42. The molecule has 2 nitrogen and oxygen atoms in total. The predicted molar refractivity (Wildman–Crippen MR) is 79.8 cm³/mol. The highest BCUT2D eigenvalue weighted by Gasteiger charge is 2.35. The number of rotatable bonds is 4.